The van der Waals surface area contributed by atoms with Crippen molar-refractivity contribution in [3.05, 3.63) is 89.5 Å². The lowest BCUT2D eigenvalue weighted by molar-refractivity contribution is -0.192. The summed E-state index contributed by atoms with van der Waals surface area (Å²) in [5.41, 5.74) is 3.35. The summed E-state index contributed by atoms with van der Waals surface area (Å²) in [5, 5.41) is 9.60. The highest BCUT2D eigenvalue weighted by molar-refractivity contribution is 5.92. The molecular weight excluding hydrogens is 570 g/mol. The van der Waals surface area contributed by atoms with Gasteiger partial charge >= 0.3 is 12.1 Å². The van der Waals surface area contributed by atoms with Crippen molar-refractivity contribution in [3.8, 4) is 16.9 Å². The zero-order chi connectivity index (χ0) is 32.4. The van der Waals surface area contributed by atoms with E-state index in [2.05, 4.69) is 0 Å². The Morgan fingerprint density at radius 2 is 1.69 bits per heavy atom. The van der Waals surface area contributed by atoms with Gasteiger partial charge in [-0.05, 0) is 86.8 Å². The molecule has 2 atom stereocenters. The van der Waals surface area contributed by atoms with E-state index in [0.717, 1.165) is 41.5 Å². The summed E-state index contributed by atoms with van der Waals surface area (Å²) < 4.78 is 24.0. The first kappa shape index (κ1) is 34.0. The Labute approximate surface area is 267 Å². The number of aromatic carboxylic acids is 1. The van der Waals surface area contributed by atoms with Crippen molar-refractivity contribution < 1.29 is 33.6 Å². The summed E-state index contributed by atoms with van der Waals surface area (Å²) in [5.74, 6) is -0.388. The van der Waals surface area contributed by atoms with Gasteiger partial charge in [0.15, 0.2) is 6.29 Å². The van der Waals surface area contributed by atoms with Gasteiger partial charge in [-0.25, -0.2) is 9.59 Å². The highest BCUT2D eigenvalue weighted by atomic mass is 16.7. The van der Waals surface area contributed by atoms with Crippen LogP contribution in [0.5, 0.6) is 5.75 Å². The van der Waals surface area contributed by atoms with Crippen LogP contribution in [-0.2, 0) is 20.6 Å². The second kappa shape index (κ2) is 15.9. The van der Waals surface area contributed by atoms with Gasteiger partial charge in [0.2, 0.25) is 0 Å². The second-order valence-corrected chi connectivity index (χ2v) is 12.9. The van der Waals surface area contributed by atoms with Crippen molar-refractivity contribution in [3.63, 3.8) is 0 Å². The summed E-state index contributed by atoms with van der Waals surface area (Å²) in [7, 11) is 0. The number of amides is 1. The van der Waals surface area contributed by atoms with E-state index < -0.39 is 11.6 Å². The Morgan fingerprint density at radius 3 is 2.31 bits per heavy atom. The van der Waals surface area contributed by atoms with Crippen LogP contribution in [0.2, 0.25) is 0 Å². The fraction of sp³-hybridized carbons (Fsp3) is 0.459. The van der Waals surface area contributed by atoms with Crippen molar-refractivity contribution in [1.29, 1.82) is 0 Å². The normalized spacial score (nSPS) is 15.8. The smallest absolute Gasteiger partial charge is 0.410 e. The predicted molar refractivity (Wildman–Crippen MR) is 175 cm³/mol. The maximum absolute atomic E-state index is 13.4. The van der Waals surface area contributed by atoms with E-state index in [9.17, 15) is 14.7 Å². The molecule has 0 spiro atoms. The van der Waals surface area contributed by atoms with E-state index in [-0.39, 0.29) is 30.0 Å². The van der Waals surface area contributed by atoms with E-state index in [4.69, 9.17) is 18.9 Å². The Kier molecular flexibility index (Phi) is 12.0. The molecule has 8 heteroatoms. The average Bonchev–Trinajstić information content (AvgIpc) is 3.01. The Balaban J connectivity index is 1.50. The van der Waals surface area contributed by atoms with Gasteiger partial charge in [0.05, 0.1) is 13.2 Å². The molecule has 0 aromatic heterocycles. The standard InChI is InChI=1S/C37H47NO7/c1-26(2)25-43-32-23-30(18-19-31(32)35(39)40)28-16-14-27(15-17-28)20-21-38(36(41)45-37(3,4)5)24-33(29-11-7-6-8-12-29)44-34-13-9-10-22-42-34/h6-8,11-12,14-19,23,26,33-34H,9-10,13,20-22,24-25H2,1-5H3,(H,39,40)/t33-,34?/m1/s1. The van der Waals surface area contributed by atoms with Crippen LogP contribution in [0.1, 0.15) is 81.5 Å². The molecule has 4 rings (SSSR count). The number of carboxylic acid groups (broad SMARTS) is 1. The molecule has 1 fully saturated rings. The first-order chi connectivity index (χ1) is 21.5. The molecule has 45 heavy (non-hydrogen) atoms. The number of carboxylic acids is 1. The van der Waals surface area contributed by atoms with Crippen molar-refractivity contribution in [2.45, 2.75) is 78.3 Å². The van der Waals surface area contributed by atoms with Gasteiger partial charge in [-0.3, -0.25) is 0 Å². The molecule has 8 nitrogen and oxygen atoms in total. The summed E-state index contributed by atoms with van der Waals surface area (Å²) in [6.45, 7) is 11.5. The number of hydrogen-bond acceptors (Lipinski definition) is 6. The highest BCUT2D eigenvalue weighted by Gasteiger charge is 2.28. The lowest BCUT2D eigenvalue weighted by atomic mass is 10.0. The van der Waals surface area contributed by atoms with Gasteiger partial charge in [0.25, 0.3) is 0 Å². The minimum atomic E-state index is -1.02. The van der Waals surface area contributed by atoms with Crippen LogP contribution >= 0.6 is 0 Å². The maximum Gasteiger partial charge on any atom is 0.410 e. The third kappa shape index (κ3) is 10.6. The molecule has 3 aromatic rings. The van der Waals surface area contributed by atoms with Gasteiger partial charge in [-0.1, -0.05) is 74.5 Å². The van der Waals surface area contributed by atoms with E-state index in [1.54, 1.807) is 23.1 Å². The molecule has 3 aromatic carbocycles. The largest absolute Gasteiger partial charge is 0.492 e. The molecule has 0 saturated carbocycles. The van der Waals surface area contributed by atoms with Crippen LogP contribution in [0.25, 0.3) is 11.1 Å². The summed E-state index contributed by atoms with van der Waals surface area (Å²) >= 11 is 0. The fourth-order valence-electron chi connectivity index (χ4n) is 5.06. The average molecular weight is 618 g/mol. The highest BCUT2D eigenvalue weighted by Crippen LogP contribution is 2.29. The first-order valence-electron chi connectivity index (χ1n) is 15.9. The zero-order valence-electron chi connectivity index (χ0n) is 27.2. The molecule has 1 aliphatic rings. The van der Waals surface area contributed by atoms with E-state index in [1.807, 2.05) is 89.2 Å². The molecule has 0 bridgehead atoms. The molecule has 1 aliphatic heterocycles. The Hall–Kier alpha value is -3.88. The number of hydrogen-bond donors (Lipinski definition) is 1. The molecule has 242 valence electrons. The zero-order valence-corrected chi connectivity index (χ0v) is 27.2. The predicted octanol–water partition coefficient (Wildman–Crippen LogP) is 8.15. The van der Waals surface area contributed by atoms with E-state index in [1.165, 1.54) is 0 Å². The topological polar surface area (TPSA) is 94.5 Å². The van der Waals surface area contributed by atoms with Crippen LogP contribution in [0.3, 0.4) is 0 Å². The Morgan fingerprint density at radius 1 is 0.978 bits per heavy atom. The molecule has 0 aliphatic carbocycles. The van der Waals surface area contributed by atoms with Crippen LogP contribution < -0.4 is 4.74 Å². The number of carbonyl (C=O) groups is 2. The number of nitrogens with zero attached hydrogens (tertiary/aromatic N) is 1. The third-order valence-electron chi connectivity index (χ3n) is 7.41. The summed E-state index contributed by atoms with van der Waals surface area (Å²) in [6.07, 6.45) is 2.45. The fourth-order valence-corrected chi connectivity index (χ4v) is 5.06. The lowest BCUT2D eigenvalue weighted by Gasteiger charge is -2.33. The van der Waals surface area contributed by atoms with Gasteiger partial charge in [-0.2, -0.15) is 0 Å². The van der Waals surface area contributed by atoms with Crippen molar-refractivity contribution in [1.82, 2.24) is 4.90 Å². The lowest BCUT2D eigenvalue weighted by Crippen LogP contribution is -2.41. The first-order valence-corrected chi connectivity index (χ1v) is 15.9. The van der Waals surface area contributed by atoms with Crippen molar-refractivity contribution in [2.75, 3.05) is 26.3 Å². The minimum absolute atomic E-state index is 0.145. The van der Waals surface area contributed by atoms with Gasteiger partial charge in [0.1, 0.15) is 23.0 Å². The second-order valence-electron chi connectivity index (χ2n) is 12.9. The van der Waals surface area contributed by atoms with Crippen LogP contribution in [0.15, 0.2) is 72.8 Å². The summed E-state index contributed by atoms with van der Waals surface area (Å²) in [4.78, 5) is 26.9. The van der Waals surface area contributed by atoms with Crippen molar-refractivity contribution >= 4 is 12.1 Å². The van der Waals surface area contributed by atoms with E-state index in [0.29, 0.717) is 38.5 Å². The third-order valence-corrected chi connectivity index (χ3v) is 7.41. The molecule has 1 unspecified atom stereocenters. The summed E-state index contributed by atoms with van der Waals surface area (Å²) in [6, 6.07) is 23.2. The van der Waals surface area contributed by atoms with E-state index >= 15 is 0 Å². The van der Waals surface area contributed by atoms with Crippen molar-refractivity contribution in [2.24, 2.45) is 5.92 Å². The number of ether oxygens (including phenoxy) is 4. The van der Waals surface area contributed by atoms with Gasteiger partial charge in [-0.15, -0.1) is 0 Å². The van der Waals surface area contributed by atoms with Crippen LogP contribution in [-0.4, -0.2) is 60.3 Å². The number of benzene rings is 3. The van der Waals surface area contributed by atoms with Crippen LogP contribution in [0, 0.1) is 5.92 Å². The molecule has 1 saturated heterocycles. The SMILES string of the molecule is CC(C)COc1cc(-c2ccc(CCN(C[C@@H](OC3CCCCO3)c3ccccc3)C(=O)OC(C)(C)C)cc2)ccc1C(=O)O. The maximum atomic E-state index is 13.4. The number of carbonyl (C=O) groups excluding carboxylic acids is 1. The Bertz CT molecular complexity index is 1380. The van der Waals surface area contributed by atoms with Crippen LogP contribution in [0.4, 0.5) is 4.79 Å². The molecular formula is C37H47NO7. The monoisotopic (exact) mass is 617 g/mol. The molecule has 1 amide bonds. The minimum Gasteiger partial charge on any atom is -0.492 e. The molecule has 0 radical (unpaired) electrons. The quantitative estimate of drug-likeness (QED) is 0.207. The molecule has 1 N–H and O–H groups in total. The molecule has 1 heterocycles. The van der Waals surface area contributed by atoms with Gasteiger partial charge < -0.3 is 29.0 Å². The van der Waals surface area contributed by atoms with Gasteiger partial charge in [0, 0.05) is 13.2 Å². The number of rotatable bonds is 13.